The summed E-state index contributed by atoms with van der Waals surface area (Å²) in [6, 6.07) is 5.62. The van der Waals surface area contributed by atoms with Crippen LogP contribution in [0.1, 0.15) is 46.5 Å². The zero-order valence-electron chi connectivity index (χ0n) is 15.4. The van der Waals surface area contributed by atoms with Crippen LogP contribution in [0.2, 0.25) is 0 Å². The lowest BCUT2D eigenvalue weighted by Crippen LogP contribution is -2.48. The number of carbonyl (C=O) groups excluding carboxylic acids is 3. The molecule has 0 bridgehead atoms. The smallest absolute Gasteiger partial charge is 0.325 e. The van der Waals surface area contributed by atoms with Gasteiger partial charge in [-0.2, -0.15) is 0 Å². The van der Waals surface area contributed by atoms with Crippen molar-refractivity contribution in [1.29, 1.82) is 0 Å². The summed E-state index contributed by atoms with van der Waals surface area (Å²) in [7, 11) is 0. The Hall–Kier alpha value is -2.57. The Balaban J connectivity index is 1.66. The SMILES string of the molecule is CC(C)Oc1ccc(NC(=O)[C@H](C)N2C(=O)NC3(CCCC3)C2=O)cc1. The van der Waals surface area contributed by atoms with Crippen molar-refractivity contribution in [2.75, 3.05) is 5.32 Å². The summed E-state index contributed by atoms with van der Waals surface area (Å²) < 4.78 is 5.57. The molecular formula is C19H25N3O4. The standard InChI is InChI=1S/C19H25N3O4/c1-12(2)26-15-8-6-14(7-9-15)20-16(23)13(3)22-17(24)19(21-18(22)25)10-4-5-11-19/h6-9,12-13H,4-5,10-11H2,1-3H3,(H,20,23)(H,21,25)/t13-/m0/s1. The lowest BCUT2D eigenvalue weighted by atomic mass is 9.97. The van der Waals surface area contributed by atoms with Crippen LogP contribution in [0, 0.1) is 0 Å². The third-order valence-corrected chi connectivity index (χ3v) is 4.91. The summed E-state index contributed by atoms with van der Waals surface area (Å²) in [6.07, 6.45) is 3.16. The first kappa shape index (κ1) is 18.2. The van der Waals surface area contributed by atoms with Crippen LogP contribution in [0.4, 0.5) is 10.5 Å². The molecule has 0 aromatic heterocycles. The van der Waals surface area contributed by atoms with Crippen molar-refractivity contribution in [1.82, 2.24) is 10.2 Å². The maximum atomic E-state index is 12.7. The fourth-order valence-corrected chi connectivity index (χ4v) is 3.56. The second-order valence-corrected chi connectivity index (χ2v) is 7.25. The molecule has 1 saturated heterocycles. The topological polar surface area (TPSA) is 87.7 Å². The molecule has 1 aromatic rings. The van der Waals surface area contributed by atoms with E-state index >= 15 is 0 Å². The van der Waals surface area contributed by atoms with Gasteiger partial charge in [0.15, 0.2) is 0 Å². The van der Waals surface area contributed by atoms with E-state index in [-0.39, 0.29) is 12.0 Å². The van der Waals surface area contributed by atoms with Gasteiger partial charge in [0.25, 0.3) is 5.91 Å². The normalized spacial score (nSPS) is 19.8. The van der Waals surface area contributed by atoms with Gasteiger partial charge in [0.1, 0.15) is 17.3 Å². The number of benzene rings is 1. The van der Waals surface area contributed by atoms with Gasteiger partial charge in [0.05, 0.1) is 6.10 Å². The molecule has 4 amide bonds. The van der Waals surface area contributed by atoms with Crippen LogP contribution < -0.4 is 15.4 Å². The average Bonchev–Trinajstić information content (AvgIpc) is 3.14. The molecule has 1 heterocycles. The maximum absolute atomic E-state index is 12.7. The van der Waals surface area contributed by atoms with Gasteiger partial charge in [-0.3, -0.25) is 9.59 Å². The molecule has 7 nitrogen and oxygen atoms in total. The van der Waals surface area contributed by atoms with E-state index in [9.17, 15) is 14.4 Å². The van der Waals surface area contributed by atoms with Crippen LogP contribution >= 0.6 is 0 Å². The van der Waals surface area contributed by atoms with Gasteiger partial charge in [-0.15, -0.1) is 0 Å². The average molecular weight is 359 g/mol. The Morgan fingerprint density at radius 1 is 1.15 bits per heavy atom. The predicted molar refractivity (Wildman–Crippen MR) is 96.9 cm³/mol. The third-order valence-electron chi connectivity index (χ3n) is 4.91. The first-order chi connectivity index (χ1) is 12.3. The highest BCUT2D eigenvalue weighted by molar-refractivity contribution is 6.11. The summed E-state index contributed by atoms with van der Waals surface area (Å²) in [5, 5.41) is 5.55. The molecule has 0 radical (unpaired) electrons. The quantitative estimate of drug-likeness (QED) is 0.791. The number of urea groups is 1. The number of imide groups is 1. The summed E-state index contributed by atoms with van der Waals surface area (Å²) in [4.78, 5) is 38.6. The number of nitrogens with zero attached hydrogens (tertiary/aromatic N) is 1. The predicted octanol–water partition coefficient (Wildman–Crippen LogP) is 2.67. The number of nitrogens with one attached hydrogen (secondary N) is 2. The molecule has 1 aromatic carbocycles. The number of carbonyl (C=O) groups is 3. The van der Waals surface area contributed by atoms with E-state index in [1.165, 1.54) is 0 Å². The molecule has 1 saturated carbocycles. The summed E-state index contributed by atoms with van der Waals surface area (Å²) in [5.74, 6) is 0.0210. The third kappa shape index (κ3) is 3.38. The molecule has 1 aliphatic heterocycles. The van der Waals surface area contributed by atoms with Crippen molar-refractivity contribution in [3.05, 3.63) is 24.3 Å². The van der Waals surface area contributed by atoms with Crippen LogP contribution in [0.15, 0.2) is 24.3 Å². The monoisotopic (exact) mass is 359 g/mol. The lowest BCUT2D eigenvalue weighted by Gasteiger charge is -2.23. The molecule has 7 heteroatoms. The van der Waals surface area contributed by atoms with Crippen LogP contribution in [0.25, 0.3) is 0 Å². The van der Waals surface area contributed by atoms with Crippen molar-refractivity contribution in [3.8, 4) is 5.75 Å². The summed E-state index contributed by atoms with van der Waals surface area (Å²) in [5.41, 5.74) is -0.220. The molecule has 140 valence electrons. The van der Waals surface area contributed by atoms with E-state index in [4.69, 9.17) is 4.74 Å². The van der Waals surface area contributed by atoms with Gasteiger partial charge in [-0.05, 0) is 57.9 Å². The van der Waals surface area contributed by atoms with Crippen LogP contribution in [-0.4, -0.2) is 40.4 Å². The molecule has 2 aliphatic rings. The molecule has 1 aliphatic carbocycles. The van der Waals surface area contributed by atoms with Crippen molar-refractivity contribution >= 4 is 23.5 Å². The number of amides is 4. The Kier molecular flexibility index (Phi) is 4.89. The van der Waals surface area contributed by atoms with Gasteiger partial charge < -0.3 is 15.4 Å². The molecule has 2 N–H and O–H groups in total. The minimum absolute atomic E-state index is 0.0677. The van der Waals surface area contributed by atoms with Crippen molar-refractivity contribution in [2.24, 2.45) is 0 Å². The molecular weight excluding hydrogens is 334 g/mol. The van der Waals surface area contributed by atoms with Gasteiger partial charge in [0.2, 0.25) is 5.91 Å². The molecule has 1 atom stereocenters. The number of rotatable bonds is 5. The summed E-state index contributed by atoms with van der Waals surface area (Å²) in [6.45, 7) is 5.44. The summed E-state index contributed by atoms with van der Waals surface area (Å²) >= 11 is 0. The fourth-order valence-electron chi connectivity index (χ4n) is 3.56. The highest BCUT2D eigenvalue weighted by atomic mass is 16.5. The van der Waals surface area contributed by atoms with Crippen LogP contribution in [-0.2, 0) is 9.59 Å². The van der Waals surface area contributed by atoms with Crippen molar-refractivity contribution < 1.29 is 19.1 Å². The highest BCUT2D eigenvalue weighted by Crippen LogP contribution is 2.35. The lowest BCUT2D eigenvalue weighted by molar-refractivity contribution is -0.136. The van der Waals surface area contributed by atoms with E-state index in [2.05, 4.69) is 10.6 Å². The van der Waals surface area contributed by atoms with E-state index in [1.807, 2.05) is 13.8 Å². The zero-order valence-corrected chi connectivity index (χ0v) is 15.4. The van der Waals surface area contributed by atoms with Crippen LogP contribution in [0.3, 0.4) is 0 Å². The van der Waals surface area contributed by atoms with E-state index in [1.54, 1.807) is 31.2 Å². The Bertz CT molecular complexity index is 708. The maximum Gasteiger partial charge on any atom is 0.325 e. The van der Waals surface area contributed by atoms with Gasteiger partial charge in [0, 0.05) is 5.69 Å². The van der Waals surface area contributed by atoms with Gasteiger partial charge >= 0.3 is 6.03 Å². The van der Waals surface area contributed by atoms with E-state index in [0.29, 0.717) is 24.3 Å². The highest BCUT2D eigenvalue weighted by Gasteiger charge is 2.54. The van der Waals surface area contributed by atoms with E-state index in [0.717, 1.165) is 17.7 Å². The second kappa shape index (κ2) is 6.97. The molecule has 2 fully saturated rings. The van der Waals surface area contributed by atoms with Crippen molar-refractivity contribution in [2.45, 2.75) is 64.1 Å². The Morgan fingerprint density at radius 2 is 1.77 bits per heavy atom. The minimum Gasteiger partial charge on any atom is -0.491 e. The molecule has 26 heavy (non-hydrogen) atoms. The second-order valence-electron chi connectivity index (χ2n) is 7.25. The Labute approximate surface area is 153 Å². The van der Waals surface area contributed by atoms with E-state index < -0.39 is 23.5 Å². The molecule has 1 spiro atoms. The van der Waals surface area contributed by atoms with Crippen LogP contribution in [0.5, 0.6) is 5.75 Å². The minimum atomic E-state index is -0.880. The zero-order chi connectivity index (χ0) is 18.9. The fraction of sp³-hybridized carbons (Fsp3) is 0.526. The molecule has 3 rings (SSSR count). The molecule has 0 unspecified atom stereocenters. The van der Waals surface area contributed by atoms with Crippen molar-refractivity contribution in [3.63, 3.8) is 0 Å². The number of hydrogen-bond donors (Lipinski definition) is 2. The first-order valence-corrected chi connectivity index (χ1v) is 9.06. The number of ether oxygens (including phenoxy) is 1. The number of hydrogen-bond acceptors (Lipinski definition) is 4. The van der Waals surface area contributed by atoms with Gasteiger partial charge in [-0.1, -0.05) is 12.8 Å². The number of anilines is 1. The largest absolute Gasteiger partial charge is 0.491 e. The Morgan fingerprint density at radius 3 is 2.35 bits per heavy atom. The first-order valence-electron chi connectivity index (χ1n) is 9.06. The van der Waals surface area contributed by atoms with Gasteiger partial charge in [-0.25, -0.2) is 9.69 Å².